The number of anilines is 3. The Kier molecular flexibility index (Phi) is 27.7. The molecule has 3 fully saturated rings. The van der Waals surface area contributed by atoms with Gasteiger partial charge >= 0.3 is 17.1 Å². The standard InChI is InChI=1S/C34H37ClFN7O2.2C30H31ClFN7O2/c1-20(2)29-31(21(3)14-15-37-29)43-33-25(17-26(35)30(38-33)24-11-8-9-12-27(24)36)32(39-34(43)45)42-19-22(4)41(18-23(42)5)28(44)13-10-16-40(6)7;1-7-22(40)38-18(5)14-37(15-19(38)6)28-25-29(35-24(27(31)34-25)20-10-8-9-11-21(20)32)39(30(41)36-28)26-17(4)12-13-33-23(26)16(2)3;1-7-22(40)37-14-18(5)38(19(6)15-37)29-25-28(35-24(27(31)34-25)20-10-8-9-11-21(20)32)39(30(41)36-29)26-17(4)12-13-33-23(26)16(2)3/h8-9,11-12,14-15,17,20,22-23H,16,18-19H2,1-7H3;2*7-13,16,18-19H,1,14-15H2,2-6H3. The molecule has 3 aliphatic rings. The van der Waals surface area contributed by atoms with Crippen molar-refractivity contribution < 1.29 is 27.6 Å². The summed E-state index contributed by atoms with van der Waals surface area (Å²) in [5.74, 6) is 4.54. The number of halogens is 6. The SMILES string of the molecule is C=CC(=O)N1C(C)CN(c2nc(=O)n(-c3c(C)ccnc3C(C)C)c3nc(-c4ccccc4F)c(Cl)nc23)CC1C.C=CC(=O)N1CC(C)N(c2nc(=O)n(-c3c(C)ccnc3C(C)C)c3nc(-c4ccccc4F)c(Cl)nc23)C(C)C1.Cc1ccnc(C(C)C)c1-n1c(=O)nc(N2CC(C)N(C(=O)C#CCN(C)C)CC2C)c2cc(Cl)c(-c3ccccc3F)nc21. The van der Waals surface area contributed by atoms with Crippen LogP contribution in [0.5, 0.6) is 0 Å². The highest BCUT2D eigenvalue weighted by Gasteiger charge is 2.40. The van der Waals surface area contributed by atoms with Crippen molar-refractivity contribution in [2.75, 3.05) is 74.6 Å². The van der Waals surface area contributed by atoms with Crippen LogP contribution >= 0.6 is 34.8 Å². The zero-order chi connectivity index (χ0) is 91.7. The van der Waals surface area contributed by atoms with Crippen molar-refractivity contribution in [3.63, 3.8) is 0 Å². The molecular weight excluding hydrogens is 1680 g/mol. The summed E-state index contributed by atoms with van der Waals surface area (Å²) in [4.78, 5) is 144. The van der Waals surface area contributed by atoms with Gasteiger partial charge in [-0.25, -0.2) is 66.2 Å². The Bertz CT molecular complexity index is 6590. The average molecular weight is 1780 g/mol. The van der Waals surface area contributed by atoms with E-state index in [2.05, 4.69) is 59.9 Å². The molecule has 6 unspecified atom stereocenters. The molecule has 12 aromatic rings. The Morgan fingerprint density at radius 1 is 0.488 bits per heavy atom. The number of piperazine rings is 3. The number of aromatic nitrogens is 14. The topological polar surface area (TPSA) is 282 Å². The van der Waals surface area contributed by atoms with Crippen LogP contribution in [0.15, 0.2) is 155 Å². The third kappa shape index (κ3) is 18.4. The van der Waals surface area contributed by atoms with Gasteiger partial charge in [0.25, 0.3) is 5.91 Å². The molecule has 15 rings (SSSR count). The van der Waals surface area contributed by atoms with Gasteiger partial charge < -0.3 is 29.4 Å². The lowest BCUT2D eigenvalue weighted by atomic mass is 10.0. The molecule has 3 aromatic carbocycles. The van der Waals surface area contributed by atoms with Gasteiger partial charge in [-0.1, -0.05) is 132 Å². The molecule has 0 bridgehead atoms. The van der Waals surface area contributed by atoms with Crippen LogP contribution in [0, 0.1) is 50.1 Å². The molecule has 0 spiro atoms. The fourth-order valence-corrected chi connectivity index (χ4v) is 17.5. The molecule has 3 amide bonds. The third-order valence-electron chi connectivity index (χ3n) is 22.7. The van der Waals surface area contributed by atoms with E-state index < -0.39 is 34.5 Å². The smallest absolute Gasteiger partial charge is 0.350 e. The van der Waals surface area contributed by atoms with Crippen molar-refractivity contribution in [1.82, 2.24) is 88.1 Å². The molecule has 6 atom stereocenters. The number of amides is 3. The van der Waals surface area contributed by atoms with E-state index in [9.17, 15) is 37.5 Å². The Morgan fingerprint density at radius 3 is 1.31 bits per heavy atom. The highest BCUT2D eigenvalue weighted by atomic mass is 35.5. The highest BCUT2D eigenvalue weighted by Crippen LogP contribution is 2.41. The van der Waals surface area contributed by atoms with E-state index in [-0.39, 0.29) is 143 Å². The number of aryl methyl sites for hydroxylation is 3. The van der Waals surface area contributed by atoms with Gasteiger partial charge in [-0.3, -0.25) is 34.2 Å². The zero-order valence-corrected chi connectivity index (χ0v) is 76.1. The van der Waals surface area contributed by atoms with Crippen LogP contribution in [0.1, 0.15) is 135 Å². The molecular formula is C94H99Cl3F3N21O6. The number of carbonyl (C=O) groups is 3. The van der Waals surface area contributed by atoms with E-state index in [4.69, 9.17) is 54.7 Å². The quantitative estimate of drug-likeness (QED) is 0.0681. The molecule has 3 aliphatic heterocycles. The number of carbonyl (C=O) groups excluding carboxylic acids is 3. The number of fused-ring (bicyclic) bond motifs is 3. The van der Waals surface area contributed by atoms with E-state index in [1.807, 2.05) is 156 Å². The van der Waals surface area contributed by atoms with E-state index in [0.29, 0.717) is 108 Å². The van der Waals surface area contributed by atoms with Crippen LogP contribution in [0.4, 0.5) is 30.6 Å². The van der Waals surface area contributed by atoms with Crippen LogP contribution in [0.2, 0.25) is 15.3 Å². The van der Waals surface area contributed by atoms with Crippen LogP contribution in [0.3, 0.4) is 0 Å². The lowest BCUT2D eigenvalue weighted by Crippen LogP contribution is -2.58. The van der Waals surface area contributed by atoms with Crippen molar-refractivity contribution in [3.05, 3.63) is 239 Å². The first-order valence-corrected chi connectivity index (χ1v) is 42.9. The van der Waals surface area contributed by atoms with Gasteiger partial charge in [0, 0.05) is 111 Å². The largest absolute Gasteiger partial charge is 0.356 e. The molecule has 0 saturated carbocycles. The van der Waals surface area contributed by atoms with Gasteiger partial charge in [0.15, 0.2) is 49.9 Å². The van der Waals surface area contributed by atoms with Crippen LogP contribution < -0.4 is 31.8 Å². The minimum Gasteiger partial charge on any atom is -0.350 e. The Balaban J connectivity index is 0.000000163. The second kappa shape index (κ2) is 38.2. The lowest BCUT2D eigenvalue weighted by Gasteiger charge is -2.45. The molecule has 27 nitrogen and oxygen atoms in total. The Morgan fingerprint density at radius 2 is 0.890 bits per heavy atom. The fraction of sp³-hybridized carbons (Fsp3) is 0.351. The fourth-order valence-electron chi connectivity index (χ4n) is 16.8. The van der Waals surface area contributed by atoms with Gasteiger partial charge in [-0.05, 0) is 190 Å². The molecule has 0 aliphatic carbocycles. The summed E-state index contributed by atoms with van der Waals surface area (Å²) in [6.07, 6.45) is 7.71. The molecule has 0 radical (unpaired) electrons. The Hall–Kier alpha value is -12.7. The van der Waals surface area contributed by atoms with Gasteiger partial charge in [0.2, 0.25) is 11.8 Å². The number of hydrogen-bond donors (Lipinski definition) is 0. The summed E-state index contributed by atoms with van der Waals surface area (Å²) in [5.41, 5.74) is 6.70. The van der Waals surface area contributed by atoms with E-state index in [1.165, 1.54) is 44.1 Å². The van der Waals surface area contributed by atoms with Crippen molar-refractivity contribution in [3.8, 4) is 62.7 Å². The number of pyridine rings is 4. The first kappa shape index (κ1) is 92.0. The minimum atomic E-state index is -0.578. The predicted molar refractivity (Wildman–Crippen MR) is 493 cm³/mol. The van der Waals surface area contributed by atoms with Crippen LogP contribution in [-0.4, -0.2) is 202 Å². The summed E-state index contributed by atoms with van der Waals surface area (Å²) in [6.45, 7) is 39.4. The number of nitrogens with zero attached hydrogens (tertiary/aromatic N) is 21. The average Bonchev–Trinajstić information content (AvgIpc) is 0.739. The highest BCUT2D eigenvalue weighted by molar-refractivity contribution is 6.34. The second-order valence-corrected chi connectivity index (χ2v) is 34.5. The maximum Gasteiger partial charge on any atom is 0.356 e. The Labute approximate surface area is 748 Å². The molecule has 658 valence electrons. The van der Waals surface area contributed by atoms with Crippen molar-refractivity contribution in [1.29, 1.82) is 0 Å². The molecule has 12 heterocycles. The number of benzene rings is 3. The zero-order valence-electron chi connectivity index (χ0n) is 73.8. The number of hydrogen-bond acceptors (Lipinski definition) is 21. The van der Waals surface area contributed by atoms with Gasteiger partial charge in [-0.2, -0.15) is 15.0 Å². The summed E-state index contributed by atoms with van der Waals surface area (Å²) in [6, 6.07) is 24.5. The maximum absolute atomic E-state index is 15.0. The van der Waals surface area contributed by atoms with Crippen LogP contribution in [-0.2, 0) is 14.4 Å². The molecule has 3 saturated heterocycles. The molecule has 33 heteroatoms. The normalized spacial score (nSPS) is 17.2. The first-order chi connectivity index (χ1) is 60.4. The van der Waals surface area contributed by atoms with Gasteiger partial charge in [0.1, 0.15) is 34.7 Å². The van der Waals surface area contributed by atoms with E-state index in [0.717, 1.165) is 16.7 Å². The van der Waals surface area contributed by atoms with Gasteiger partial charge in [0.05, 0.1) is 56.8 Å². The van der Waals surface area contributed by atoms with E-state index >= 15 is 4.39 Å². The molecule has 127 heavy (non-hydrogen) atoms. The monoisotopic (exact) mass is 1780 g/mol. The summed E-state index contributed by atoms with van der Waals surface area (Å²) in [5, 5.41) is 0.703. The van der Waals surface area contributed by atoms with E-state index in [1.54, 1.807) is 94.0 Å². The first-order valence-electron chi connectivity index (χ1n) is 41.8. The van der Waals surface area contributed by atoms with Crippen molar-refractivity contribution in [2.45, 2.75) is 158 Å². The second-order valence-electron chi connectivity index (χ2n) is 33.4. The molecule has 0 N–H and O–H groups in total. The predicted octanol–water partition coefficient (Wildman–Crippen LogP) is 15.2. The van der Waals surface area contributed by atoms with Crippen molar-refractivity contribution >= 4 is 103 Å². The van der Waals surface area contributed by atoms with Crippen molar-refractivity contribution in [2.24, 2.45) is 0 Å². The lowest BCUT2D eigenvalue weighted by molar-refractivity contribution is -0.131. The minimum absolute atomic E-state index is 0.00724. The third-order valence-corrected chi connectivity index (χ3v) is 23.5. The number of rotatable bonds is 15. The molecule has 9 aromatic heterocycles. The summed E-state index contributed by atoms with van der Waals surface area (Å²) >= 11 is 20.2. The maximum atomic E-state index is 15.0. The summed E-state index contributed by atoms with van der Waals surface area (Å²) < 4.78 is 49.1. The van der Waals surface area contributed by atoms with Gasteiger partial charge in [-0.15, -0.1) is 0 Å². The van der Waals surface area contributed by atoms with Crippen LogP contribution in [0.25, 0.3) is 84.2 Å². The summed E-state index contributed by atoms with van der Waals surface area (Å²) in [7, 11) is 3.79.